The van der Waals surface area contributed by atoms with Gasteiger partial charge in [0, 0.05) is 46.1 Å². The van der Waals surface area contributed by atoms with Gasteiger partial charge in [-0.15, -0.1) is 0 Å². The number of nitrogens with one attached hydrogen (secondary N) is 2. The van der Waals surface area contributed by atoms with Crippen molar-refractivity contribution < 1.29 is 0 Å². The maximum Gasteiger partial charge on any atom is 0.183 e. The van der Waals surface area contributed by atoms with Crippen LogP contribution >= 0.6 is 0 Å². The summed E-state index contributed by atoms with van der Waals surface area (Å²) >= 11 is 0. The van der Waals surface area contributed by atoms with E-state index >= 15 is 0 Å². The van der Waals surface area contributed by atoms with E-state index in [2.05, 4.69) is 24.9 Å². The third-order valence-corrected chi connectivity index (χ3v) is 7.01. The SMILES string of the molecule is c1ccc2c(c1)-c1nc-2nc2[nH]c(nc3nc(nc4[nH]c(n1)c1ncccc41)-c1cccnc1-3)c1cccnc21. The van der Waals surface area contributed by atoms with Gasteiger partial charge in [-0.1, -0.05) is 24.3 Å². The quantitative estimate of drug-likeness (QED) is 0.282. The third kappa shape index (κ3) is 2.96. The highest BCUT2D eigenvalue weighted by Gasteiger charge is 2.22. The Morgan fingerprint density at radius 1 is 0.400 bits per heavy atom. The smallest absolute Gasteiger partial charge is 0.183 e. The number of nitrogens with zero attached hydrogens (tertiary/aromatic N) is 9. The largest absolute Gasteiger partial charge is 0.322 e. The average Bonchev–Trinajstić information content (AvgIpc) is 3.73. The van der Waals surface area contributed by atoms with E-state index in [-0.39, 0.29) is 0 Å². The van der Waals surface area contributed by atoms with Crippen LogP contribution in [0.3, 0.4) is 0 Å². The monoisotopic (exact) mass is 517 g/mol. The Kier molecular flexibility index (Phi) is 4.08. The number of hydrogen-bond acceptors (Lipinski definition) is 9. The van der Waals surface area contributed by atoms with E-state index in [1.807, 2.05) is 60.7 Å². The second-order valence-corrected chi connectivity index (χ2v) is 9.35. The van der Waals surface area contributed by atoms with E-state index in [0.717, 1.165) is 27.5 Å². The molecule has 11 heteroatoms. The molecule has 2 aliphatic rings. The molecule has 8 bridgehead atoms. The van der Waals surface area contributed by atoms with Crippen LogP contribution < -0.4 is 0 Å². The van der Waals surface area contributed by atoms with Crippen molar-refractivity contribution in [1.29, 1.82) is 0 Å². The van der Waals surface area contributed by atoms with Gasteiger partial charge in [0.1, 0.15) is 28.0 Å². The van der Waals surface area contributed by atoms with E-state index in [1.54, 1.807) is 18.6 Å². The van der Waals surface area contributed by atoms with E-state index in [1.165, 1.54) is 0 Å². The Morgan fingerprint density at radius 3 is 1.52 bits per heavy atom. The second-order valence-electron chi connectivity index (χ2n) is 9.35. The summed E-state index contributed by atoms with van der Waals surface area (Å²) in [5.41, 5.74) is 6.76. The highest BCUT2D eigenvalue weighted by atomic mass is 15.1. The molecule has 0 unspecified atom stereocenters. The molecule has 40 heavy (non-hydrogen) atoms. The minimum Gasteiger partial charge on any atom is -0.322 e. The van der Waals surface area contributed by atoms with Crippen LogP contribution in [-0.4, -0.2) is 54.8 Å². The summed E-state index contributed by atoms with van der Waals surface area (Å²) in [5, 5.41) is 1.62. The van der Waals surface area contributed by atoms with Gasteiger partial charge in [0.25, 0.3) is 0 Å². The van der Waals surface area contributed by atoms with Crippen molar-refractivity contribution in [1.82, 2.24) is 54.8 Å². The molecule has 6 aromatic heterocycles. The molecule has 8 heterocycles. The Labute approximate surface area is 224 Å². The molecule has 186 valence electrons. The van der Waals surface area contributed by atoms with Crippen LogP contribution in [0.4, 0.5) is 0 Å². The lowest BCUT2D eigenvalue weighted by atomic mass is 10.1. The van der Waals surface area contributed by atoms with Gasteiger partial charge in [0.2, 0.25) is 0 Å². The lowest BCUT2D eigenvalue weighted by Crippen LogP contribution is -1.85. The summed E-state index contributed by atoms with van der Waals surface area (Å²) in [6.07, 6.45) is 5.18. The highest BCUT2D eigenvalue weighted by molar-refractivity contribution is 6.03. The standard InChI is InChI=1S/C29H15N11/c1-2-7-15-14(6-1)22-33-23(15)36-28-21-18(10-5-13-32-21)26(39-28)40-29-20-17(9-4-12-31-20)25(38-29)34-24-16-8-3-11-30-19(16)27(35-22)37-24/h1-13H,(H2,33,34,35,36,37,38,39,40). The van der Waals surface area contributed by atoms with E-state index in [9.17, 15) is 0 Å². The van der Waals surface area contributed by atoms with Crippen LogP contribution in [0.1, 0.15) is 0 Å². The molecule has 0 radical (unpaired) electrons. The third-order valence-electron chi connectivity index (χ3n) is 7.01. The van der Waals surface area contributed by atoms with Crippen LogP contribution in [0.25, 0.3) is 90.1 Å². The van der Waals surface area contributed by atoms with E-state index in [4.69, 9.17) is 29.9 Å². The average molecular weight is 518 g/mol. The molecular weight excluding hydrogens is 502 g/mol. The molecule has 0 atom stereocenters. The van der Waals surface area contributed by atoms with E-state index < -0.39 is 0 Å². The van der Waals surface area contributed by atoms with Crippen molar-refractivity contribution in [3.05, 3.63) is 79.3 Å². The van der Waals surface area contributed by atoms with Crippen LogP contribution in [0.2, 0.25) is 0 Å². The van der Waals surface area contributed by atoms with Gasteiger partial charge in [-0.3, -0.25) is 15.0 Å². The van der Waals surface area contributed by atoms with Gasteiger partial charge < -0.3 is 9.97 Å². The Morgan fingerprint density at radius 2 is 0.875 bits per heavy atom. The Hall–Kier alpha value is -5.97. The first-order valence-corrected chi connectivity index (χ1v) is 12.6. The summed E-state index contributed by atoms with van der Waals surface area (Å²) in [6, 6.07) is 19.3. The number of pyridine rings is 3. The van der Waals surface area contributed by atoms with Gasteiger partial charge in [-0.25, -0.2) is 29.9 Å². The molecule has 0 fully saturated rings. The molecule has 7 aromatic rings. The highest BCUT2D eigenvalue weighted by Crippen LogP contribution is 2.35. The van der Waals surface area contributed by atoms with E-state index in [0.29, 0.717) is 62.6 Å². The molecule has 2 N–H and O–H groups in total. The van der Waals surface area contributed by atoms with Crippen molar-refractivity contribution in [3.63, 3.8) is 0 Å². The van der Waals surface area contributed by atoms with Crippen molar-refractivity contribution in [3.8, 4) is 45.7 Å². The normalized spacial score (nSPS) is 12.0. The molecule has 9 rings (SSSR count). The number of rotatable bonds is 0. The second kappa shape index (κ2) is 7.77. The van der Waals surface area contributed by atoms with Gasteiger partial charge >= 0.3 is 0 Å². The van der Waals surface area contributed by atoms with Crippen LogP contribution in [0, 0.1) is 0 Å². The maximum absolute atomic E-state index is 4.92. The molecule has 2 aliphatic heterocycles. The predicted octanol–water partition coefficient (Wildman–Crippen LogP) is 5.05. The number of fused-ring (bicyclic) bond motifs is 20. The van der Waals surface area contributed by atoms with Gasteiger partial charge in [0.15, 0.2) is 34.6 Å². The van der Waals surface area contributed by atoms with Crippen molar-refractivity contribution in [2.24, 2.45) is 0 Å². The number of benzene rings is 1. The molecule has 0 saturated carbocycles. The fourth-order valence-corrected chi connectivity index (χ4v) is 5.21. The first kappa shape index (κ1) is 21.0. The predicted molar refractivity (Wildman–Crippen MR) is 149 cm³/mol. The molecule has 11 nitrogen and oxygen atoms in total. The zero-order chi connectivity index (χ0) is 26.2. The zero-order valence-corrected chi connectivity index (χ0v) is 20.5. The number of aromatic amines is 2. The molecule has 0 amide bonds. The van der Waals surface area contributed by atoms with Crippen molar-refractivity contribution in [2.45, 2.75) is 0 Å². The van der Waals surface area contributed by atoms with Crippen LogP contribution in [0.15, 0.2) is 79.3 Å². The lowest BCUT2D eigenvalue weighted by molar-refractivity contribution is 1.18. The van der Waals surface area contributed by atoms with Crippen LogP contribution in [0.5, 0.6) is 0 Å². The fraction of sp³-hybridized carbons (Fsp3) is 0. The summed E-state index contributed by atoms with van der Waals surface area (Å²) in [5.74, 6) is 1.99. The minimum atomic E-state index is 0.443. The molecule has 1 aromatic carbocycles. The Balaban J connectivity index is 1.51. The lowest BCUT2D eigenvalue weighted by Gasteiger charge is -1.96. The fourth-order valence-electron chi connectivity index (χ4n) is 5.21. The minimum absolute atomic E-state index is 0.443. The topological polar surface area (TPSA) is 148 Å². The summed E-state index contributed by atoms with van der Waals surface area (Å²) < 4.78 is 0. The number of H-pyrrole nitrogens is 2. The molecule has 0 saturated heterocycles. The zero-order valence-electron chi connectivity index (χ0n) is 20.5. The first-order valence-electron chi connectivity index (χ1n) is 12.6. The Bertz CT molecular complexity index is 2030. The van der Waals surface area contributed by atoms with Crippen molar-refractivity contribution in [2.75, 3.05) is 0 Å². The van der Waals surface area contributed by atoms with Gasteiger partial charge in [-0.05, 0) is 36.4 Å². The number of hydrogen-bond donors (Lipinski definition) is 2. The maximum atomic E-state index is 4.92. The van der Waals surface area contributed by atoms with Crippen molar-refractivity contribution >= 4 is 44.4 Å². The molecule has 0 spiro atoms. The van der Waals surface area contributed by atoms with Crippen LogP contribution in [-0.2, 0) is 0 Å². The number of aromatic nitrogens is 11. The van der Waals surface area contributed by atoms with Gasteiger partial charge in [-0.2, -0.15) is 0 Å². The summed E-state index contributed by atoms with van der Waals surface area (Å²) in [4.78, 5) is 49.8. The summed E-state index contributed by atoms with van der Waals surface area (Å²) in [7, 11) is 0. The van der Waals surface area contributed by atoms with Gasteiger partial charge in [0.05, 0.1) is 0 Å². The molecular formula is C29H15N11. The summed E-state index contributed by atoms with van der Waals surface area (Å²) in [6.45, 7) is 0. The first-order chi connectivity index (χ1) is 19.8. The molecule has 0 aliphatic carbocycles.